The maximum absolute atomic E-state index is 2.26. The molecule has 1 nitrogen and oxygen atoms in total. The molecule has 1 heterocycles. The largest absolute Gasteiger partial charge is 0.347 e. The molecule has 0 saturated carbocycles. The summed E-state index contributed by atoms with van der Waals surface area (Å²) in [6.07, 6.45) is 4.29. The molecule has 0 aliphatic carbocycles. The van der Waals surface area contributed by atoms with E-state index in [1.807, 2.05) is 0 Å². The van der Waals surface area contributed by atoms with Crippen LogP contribution in [0.1, 0.15) is 23.7 Å². The number of hydrogen-bond acceptors (Lipinski definition) is 0. The molecule has 0 unspecified atom stereocenters. The van der Waals surface area contributed by atoms with E-state index in [4.69, 9.17) is 0 Å². The molecule has 0 aliphatic rings. The highest BCUT2D eigenvalue weighted by Crippen LogP contribution is 2.26. The first-order valence-electron chi connectivity index (χ1n) is 5.33. The van der Waals surface area contributed by atoms with E-state index in [-0.39, 0.29) is 0 Å². The Hall–Kier alpha value is -1.50. The number of rotatable bonds is 1. The van der Waals surface area contributed by atoms with Crippen molar-refractivity contribution < 1.29 is 0 Å². The lowest BCUT2D eigenvalue weighted by atomic mass is 10.1. The van der Waals surface area contributed by atoms with E-state index in [9.17, 15) is 0 Å². The number of fused-ring (bicyclic) bond motifs is 1. The van der Waals surface area contributed by atoms with Crippen molar-refractivity contribution in [2.24, 2.45) is 7.05 Å². The average molecular weight is 199 g/mol. The SMILES string of the molecule is C/C=C\c1c(C)n(C)c2ccc(C)cc12. The van der Waals surface area contributed by atoms with Gasteiger partial charge in [-0.1, -0.05) is 23.8 Å². The second kappa shape index (κ2) is 3.58. The van der Waals surface area contributed by atoms with Crippen LogP contribution in [-0.4, -0.2) is 4.57 Å². The van der Waals surface area contributed by atoms with Crippen LogP contribution in [0.25, 0.3) is 17.0 Å². The van der Waals surface area contributed by atoms with Crippen molar-refractivity contribution in [3.05, 3.63) is 41.1 Å². The van der Waals surface area contributed by atoms with E-state index in [1.165, 1.54) is 27.7 Å². The van der Waals surface area contributed by atoms with Crippen LogP contribution in [-0.2, 0) is 7.05 Å². The topological polar surface area (TPSA) is 4.93 Å². The molecule has 0 spiro atoms. The Labute approximate surface area is 91.0 Å². The Bertz CT molecular complexity index is 530. The van der Waals surface area contributed by atoms with Gasteiger partial charge in [0.2, 0.25) is 0 Å². The highest BCUT2D eigenvalue weighted by Gasteiger charge is 2.08. The van der Waals surface area contributed by atoms with Crippen LogP contribution in [0.3, 0.4) is 0 Å². The third-order valence-electron chi connectivity index (χ3n) is 3.03. The third kappa shape index (κ3) is 1.48. The van der Waals surface area contributed by atoms with Gasteiger partial charge in [0.25, 0.3) is 0 Å². The fourth-order valence-corrected chi connectivity index (χ4v) is 2.09. The average Bonchev–Trinajstić information content (AvgIpc) is 2.44. The van der Waals surface area contributed by atoms with Gasteiger partial charge in [-0.2, -0.15) is 0 Å². The number of hydrogen-bond donors (Lipinski definition) is 0. The molecule has 15 heavy (non-hydrogen) atoms. The van der Waals surface area contributed by atoms with E-state index >= 15 is 0 Å². The van der Waals surface area contributed by atoms with Crippen molar-refractivity contribution in [2.45, 2.75) is 20.8 Å². The summed E-state index contributed by atoms with van der Waals surface area (Å²) in [4.78, 5) is 0. The molecule has 0 bridgehead atoms. The first-order chi connectivity index (χ1) is 7.15. The monoisotopic (exact) mass is 199 g/mol. The van der Waals surface area contributed by atoms with Gasteiger partial charge < -0.3 is 4.57 Å². The predicted molar refractivity (Wildman–Crippen MR) is 67.1 cm³/mol. The van der Waals surface area contributed by atoms with Gasteiger partial charge in [-0.25, -0.2) is 0 Å². The summed E-state index contributed by atoms with van der Waals surface area (Å²) in [6, 6.07) is 6.63. The van der Waals surface area contributed by atoms with Crippen LogP contribution in [0.2, 0.25) is 0 Å². The van der Waals surface area contributed by atoms with Gasteiger partial charge in [-0.3, -0.25) is 0 Å². The molecule has 1 aromatic heterocycles. The van der Waals surface area contributed by atoms with Crippen molar-refractivity contribution in [1.29, 1.82) is 0 Å². The molecule has 0 atom stereocenters. The van der Waals surface area contributed by atoms with Crippen LogP contribution in [0.15, 0.2) is 24.3 Å². The Morgan fingerprint density at radius 1 is 1.20 bits per heavy atom. The maximum Gasteiger partial charge on any atom is 0.0486 e. The summed E-state index contributed by atoms with van der Waals surface area (Å²) in [7, 11) is 2.12. The van der Waals surface area contributed by atoms with Crippen molar-refractivity contribution in [3.8, 4) is 0 Å². The van der Waals surface area contributed by atoms with Crippen LogP contribution in [0, 0.1) is 13.8 Å². The van der Waals surface area contributed by atoms with E-state index < -0.39 is 0 Å². The van der Waals surface area contributed by atoms with Crippen LogP contribution >= 0.6 is 0 Å². The van der Waals surface area contributed by atoms with Crippen LogP contribution in [0.5, 0.6) is 0 Å². The number of aromatic nitrogens is 1. The zero-order chi connectivity index (χ0) is 11.0. The zero-order valence-electron chi connectivity index (χ0n) is 9.83. The van der Waals surface area contributed by atoms with Gasteiger partial charge in [0.1, 0.15) is 0 Å². The number of nitrogens with zero attached hydrogens (tertiary/aromatic N) is 1. The molecule has 0 radical (unpaired) electrons. The molecular formula is C14H17N. The normalized spacial score (nSPS) is 11.7. The summed E-state index contributed by atoms with van der Waals surface area (Å²) >= 11 is 0. The summed E-state index contributed by atoms with van der Waals surface area (Å²) in [5, 5.41) is 1.35. The quantitative estimate of drug-likeness (QED) is 0.658. The van der Waals surface area contributed by atoms with E-state index in [0.717, 1.165) is 0 Å². The highest BCUT2D eigenvalue weighted by molar-refractivity contribution is 5.91. The van der Waals surface area contributed by atoms with Crippen molar-refractivity contribution in [3.63, 3.8) is 0 Å². The molecule has 0 saturated heterocycles. The molecular weight excluding hydrogens is 182 g/mol. The highest BCUT2D eigenvalue weighted by atomic mass is 14.9. The Morgan fingerprint density at radius 3 is 2.60 bits per heavy atom. The fourth-order valence-electron chi connectivity index (χ4n) is 2.09. The van der Waals surface area contributed by atoms with Crippen molar-refractivity contribution in [2.75, 3.05) is 0 Å². The van der Waals surface area contributed by atoms with Crippen LogP contribution < -0.4 is 0 Å². The first kappa shape index (κ1) is 10.0. The minimum atomic E-state index is 1.31. The zero-order valence-corrected chi connectivity index (χ0v) is 9.83. The van der Waals surface area contributed by atoms with Crippen LogP contribution in [0.4, 0.5) is 0 Å². The van der Waals surface area contributed by atoms with E-state index in [2.05, 4.69) is 62.7 Å². The fraction of sp³-hybridized carbons (Fsp3) is 0.286. The molecule has 2 rings (SSSR count). The molecule has 0 N–H and O–H groups in total. The minimum Gasteiger partial charge on any atom is -0.347 e. The maximum atomic E-state index is 2.26. The number of allylic oxidation sites excluding steroid dienone is 1. The standard InChI is InChI=1S/C14H17N/c1-5-6-12-11(3)15(4)14-8-7-10(2)9-13(12)14/h5-9H,1-4H3/b6-5-. The molecule has 1 aromatic carbocycles. The summed E-state index contributed by atoms with van der Waals surface area (Å²) in [5.74, 6) is 0. The summed E-state index contributed by atoms with van der Waals surface area (Å²) in [6.45, 7) is 6.37. The first-order valence-corrected chi connectivity index (χ1v) is 5.33. The molecule has 1 heteroatoms. The Morgan fingerprint density at radius 2 is 1.93 bits per heavy atom. The van der Waals surface area contributed by atoms with Gasteiger partial charge in [0.15, 0.2) is 0 Å². The van der Waals surface area contributed by atoms with Gasteiger partial charge in [-0.05, 0) is 32.9 Å². The molecule has 0 amide bonds. The van der Waals surface area contributed by atoms with Gasteiger partial charge in [0, 0.05) is 29.2 Å². The molecule has 0 fully saturated rings. The van der Waals surface area contributed by atoms with Gasteiger partial charge in [0.05, 0.1) is 0 Å². The predicted octanol–water partition coefficient (Wildman–Crippen LogP) is 3.83. The molecule has 0 aliphatic heterocycles. The lowest BCUT2D eigenvalue weighted by Crippen LogP contribution is -1.89. The summed E-state index contributed by atoms with van der Waals surface area (Å²) < 4.78 is 2.25. The number of aryl methyl sites for hydroxylation is 2. The van der Waals surface area contributed by atoms with Gasteiger partial charge in [-0.15, -0.1) is 0 Å². The molecule has 2 aromatic rings. The lowest BCUT2D eigenvalue weighted by Gasteiger charge is -1.98. The smallest absolute Gasteiger partial charge is 0.0486 e. The Kier molecular flexibility index (Phi) is 2.39. The van der Waals surface area contributed by atoms with E-state index in [1.54, 1.807) is 0 Å². The lowest BCUT2D eigenvalue weighted by molar-refractivity contribution is 0.916. The Balaban J connectivity index is 2.88. The number of benzene rings is 1. The van der Waals surface area contributed by atoms with Crippen molar-refractivity contribution >= 4 is 17.0 Å². The van der Waals surface area contributed by atoms with Gasteiger partial charge >= 0.3 is 0 Å². The summed E-state index contributed by atoms with van der Waals surface area (Å²) in [5.41, 5.74) is 5.30. The minimum absolute atomic E-state index is 1.31. The second-order valence-corrected chi connectivity index (χ2v) is 4.08. The van der Waals surface area contributed by atoms with Crippen molar-refractivity contribution in [1.82, 2.24) is 4.57 Å². The third-order valence-corrected chi connectivity index (χ3v) is 3.03. The second-order valence-electron chi connectivity index (χ2n) is 4.08. The molecule has 78 valence electrons. The van der Waals surface area contributed by atoms with E-state index in [0.29, 0.717) is 0 Å².